The summed E-state index contributed by atoms with van der Waals surface area (Å²) in [4.78, 5) is 37.0. The summed E-state index contributed by atoms with van der Waals surface area (Å²) in [5.41, 5.74) is 2.80. The Kier molecular flexibility index (Phi) is 7.11. The van der Waals surface area contributed by atoms with E-state index in [4.69, 9.17) is 20.8 Å². The number of halogens is 1. The fourth-order valence-corrected chi connectivity index (χ4v) is 4.60. The van der Waals surface area contributed by atoms with E-state index in [1.54, 1.807) is 26.0 Å². The van der Waals surface area contributed by atoms with Gasteiger partial charge in [0.25, 0.3) is 0 Å². The number of amides is 1. The highest BCUT2D eigenvalue weighted by Crippen LogP contribution is 2.38. The predicted octanol–water partition coefficient (Wildman–Crippen LogP) is 5.72. The van der Waals surface area contributed by atoms with Gasteiger partial charge < -0.3 is 14.2 Å². The van der Waals surface area contributed by atoms with Crippen LogP contribution in [0.25, 0.3) is 36.7 Å². The van der Waals surface area contributed by atoms with E-state index in [9.17, 15) is 9.18 Å². The normalized spacial score (nSPS) is 11.7. The van der Waals surface area contributed by atoms with Gasteiger partial charge in [-0.1, -0.05) is 0 Å². The van der Waals surface area contributed by atoms with Crippen LogP contribution in [0.2, 0.25) is 0 Å². The zero-order valence-corrected chi connectivity index (χ0v) is 21.7. The minimum atomic E-state index is -0.712. The molecule has 0 bridgehead atoms. The number of benzene rings is 2. The molecule has 5 rings (SSSR count). The average molecular weight is 546 g/mol. The average Bonchev–Trinajstić information content (AvgIpc) is 3.34. The molecule has 1 atom stereocenters. The molecule has 1 amide bonds. The standard InChI is InChI=1S/C26H20FN7O4S/c1-13(38-26(35)32-16-9-29-14(2)30-10-16)12-37-21-8-22-19(7-18(21)27)34-25(39-22)17-5-15(28-3)6-20-24(17)31-11-23(33-20)36-4/h5-11,13H,12H2,1-2,4H3,(H,32,35)/t13-/m1/s1. The topological polar surface area (TPSA) is 126 Å². The van der Waals surface area contributed by atoms with Crippen LogP contribution in [-0.4, -0.2) is 50.8 Å². The molecule has 1 N–H and O–H groups in total. The van der Waals surface area contributed by atoms with Crippen LogP contribution < -0.4 is 14.8 Å². The van der Waals surface area contributed by atoms with E-state index in [2.05, 4.69) is 35.1 Å². The number of anilines is 1. The van der Waals surface area contributed by atoms with Crippen LogP contribution in [-0.2, 0) is 4.74 Å². The summed E-state index contributed by atoms with van der Waals surface area (Å²) >= 11 is 1.30. The monoisotopic (exact) mass is 545 g/mol. The molecule has 0 aliphatic rings. The maximum Gasteiger partial charge on any atom is 0.412 e. The third-order valence-electron chi connectivity index (χ3n) is 5.43. The third-order valence-corrected chi connectivity index (χ3v) is 6.48. The number of aryl methyl sites for hydroxylation is 1. The van der Waals surface area contributed by atoms with Gasteiger partial charge in [0.1, 0.15) is 23.5 Å². The van der Waals surface area contributed by atoms with Gasteiger partial charge in [-0.3, -0.25) is 5.32 Å². The molecule has 0 aliphatic carbocycles. The summed E-state index contributed by atoms with van der Waals surface area (Å²) in [6, 6.07) is 6.11. The number of carbonyl (C=O) groups is 1. The van der Waals surface area contributed by atoms with Crippen molar-refractivity contribution in [3.63, 3.8) is 0 Å². The zero-order valence-electron chi connectivity index (χ0n) is 20.9. The first kappa shape index (κ1) is 25.7. The van der Waals surface area contributed by atoms with Crippen molar-refractivity contribution in [3.05, 3.63) is 65.9 Å². The smallest absolute Gasteiger partial charge is 0.412 e. The van der Waals surface area contributed by atoms with E-state index in [0.717, 1.165) is 0 Å². The molecule has 13 heteroatoms. The first-order chi connectivity index (χ1) is 18.8. The molecule has 0 fully saturated rings. The van der Waals surface area contributed by atoms with Crippen molar-refractivity contribution >= 4 is 50.1 Å². The lowest BCUT2D eigenvalue weighted by atomic mass is 10.1. The van der Waals surface area contributed by atoms with Gasteiger partial charge in [0.2, 0.25) is 5.88 Å². The molecule has 0 saturated carbocycles. The summed E-state index contributed by atoms with van der Waals surface area (Å²) in [6.07, 6.45) is 3.02. The number of thiazole rings is 1. The fraction of sp³-hybridized carbons (Fsp3) is 0.192. The summed E-state index contributed by atoms with van der Waals surface area (Å²) in [7, 11) is 1.49. The third kappa shape index (κ3) is 5.65. The number of hydrogen-bond acceptors (Lipinski definition) is 10. The van der Waals surface area contributed by atoms with Crippen molar-refractivity contribution < 1.29 is 23.4 Å². The second-order valence-corrected chi connectivity index (χ2v) is 9.36. The highest BCUT2D eigenvalue weighted by molar-refractivity contribution is 7.21. The Morgan fingerprint density at radius 2 is 1.92 bits per heavy atom. The number of aromatic nitrogens is 5. The number of methoxy groups -OCH3 is 1. The SMILES string of the molecule is [C-]#[N+]c1cc(-c2nc3cc(F)c(OC[C@@H](C)OC(=O)Nc4cnc(C)nc4)cc3s2)c2ncc(OC)nc2c1. The largest absolute Gasteiger partial charge is 0.487 e. The van der Waals surface area contributed by atoms with E-state index < -0.39 is 18.0 Å². The minimum absolute atomic E-state index is 0.00946. The highest BCUT2D eigenvalue weighted by atomic mass is 32.1. The van der Waals surface area contributed by atoms with Crippen molar-refractivity contribution in [1.82, 2.24) is 24.9 Å². The van der Waals surface area contributed by atoms with Crippen LogP contribution in [0.4, 0.5) is 20.6 Å². The second kappa shape index (κ2) is 10.8. The summed E-state index contributed by atoms with van der Waals surface area (Å²) < 4.78 is 31.5. The van der Waals surface area contributed by atoms with Crippen molar-refractivity contribution in [2.75, 3.05) is 19.0 Å². The lowest BCUT2D eigenvalue weighted by Crippen LogP contribution is -2.25. The van der Waals surface area contributed by atoms with Crippen LogP contribution in [0.3, 0.4) is 0 Å². The Bertz CT molecular complexity index is 1740. The van der Waals surface area contributed by atoms with Crippen molar-refractivity contribution in [2.45, 2.75) is 20.0 Å². The Morgan fingerprint density at radius 1 is 1.13 bits per heavy atom. The maximum absolute atomic E-state index is 14.8. The van der Waals surface area contributed by atoms with Gasteiger partial charge in [-0.05, 0) is 26.0 Å². The Morgan fingerprint density at radius 3 is 2.67 bits per heavy atom. The number of nitrogens with zero attached hydrogens (tertiary/aromatic N) is 6. The van der Waals surface area contributed by atoms with Crippen molar-refractivity contribution in [2.24, 2.45) is 0 Å². The number of rotatable bonds is 7. The van der Waals surface area contributed by atoms with Gasteiger partial charge in [0.15, 0.2) is 17.3 Å². The van der Waals surface area contributed by atoms with Gasteiger partial charge in [-0.15, -0.1) is 11.3 Å². The van der Waals surface area contributed by atoms with E-state index in [-0.39, 0.29) is 12.4 Å². The molecule has 39 heavy (non-hydrogen) atoms. The lowest BCUT2D eigenvalue weighted by Gasteiger charge is -2.15. The number of ether oxygens (including phenoxy) is 3. The predicted molar refractivity (Wildman–Crippen MR) is 143 cm³/mol. The number of carbonyl (C=O) groups excluding carboxylic acids is 1. The molecule has 11 nitrogen and oxygen atoms in total. The molecule has 3 heterocycles. The van der Waals surface area contributed by atoms with Crippen LogP contribution in [0.1, 0.15) is 12.7 Å². The van der Waals surface area contributed by atoms with Gasteiger partial charge in [-0.25, -0.2) is 38.9 Å². The molecule has 0 spiro atoms. The van der Waals surface area contributed by atoms with Gasteiger partial charge in [0, 0.05) is 17.7 Å². The lowest BCUT2D eigenvalue weighted by molar-refractivity contribution is 0.0844. The molecule has 0 aliphatic heterocycles. The van der Waals surface area contributed by atoms with Gasteiger partial charge in [-0.2, -0.15) is 0 Å². The van der Waals surface area contributed by atoms with E-state index in [0.29, 0.717) is 54.9 Å². The quantitative estimate of drug-likeness (QED) is 0.256. The molecule has 3 aromatic heterocycles. The second-order valence-electron chi connectivity index (χ2n) is 8.33. The van der Waals surface area contributed by atoms with E-state index in [1.165, 1.54) is 49.2 Å². The summed E-state index contributed by atoms with van der Waals surface area (Å²) in [5.74, 6) is 0.271. The Balaban J connectivity index is 1.33. The minimum Gasteiger partial charge on any atom is -0.487 e. The van der Waals surface area contributed by atoms with Crippen LogP contribution in [0, 0.1) is 19.3 Å². The molecule has 0 saturated heterocycles. The molecule has 0 unspecified atom stereocenters. The summed E-state index contributed by atoms with van der Waals surface area (Å²) in [6.45, 7) is 10.7. The highest BCUT2D eigenvalue weighted by Gasteiger charge is 2.18. The molecule has 0 radical (unpaired) electrons. The molecule has 2 aromatic carbocycles. The van der Waals surface area contributed by atoms with E-state index in [1.807, 2.05) is 0 Å². The fourth-order valence-electron chi connectivity index (χ4n) is 3.60. The number of hydrogen-bond donors (Lipinski definition) is 1. The molecular weight excluding hydrogens is 525 g/mol. The van der Waals surface area contributed by atoms with Crippen molar-refractivity contribution in [1.29, 1.82) is 0 Å². The molecule has 196 valence electrons. The number of fused-ring (bicyclic) bond motifs is 2. The Hall–Kier alpha value is -4.96. The van der Waals surface area contributed by atoms with Gasteiger partial charge >= 0.3 is 6.09 Å². The van der Waals surface area contributed by atoms with Crippen LogP contribution in [0.5, 0.6) is 11.6 Å². The number of nitrogens with one attached hydrogen (secondary N) is 1. The van der Waals surface area contributed by atoms with E-state index >= 15 is 0 Å². The molecule has 5 aromatic rings. The first-order valence-electron chi connectivity index (χ1n) is 11.5. The zero-order chi connectivity index (χ0) is 27.5. The summed E-state index contributed by atoms with van der Waals surface area (Å²) in [5, 5.41) is 3.07. The molecular formula is C26H20FN7O4S. The maximum atomic E-state index is 14.8. The Labute approximate surface area is 225 Å². The van der Waals surface area contributed by atoms with Crippen molar-refractivity contribution in [3.8, 4) is 22.2 Å². The first-order valence-corrected chi connectivity index (χ1v) is 12.4. The van der Waals surface area contributed by atoms with Crippen LogP contribution >= 0.6 is 11.3 Å². The van der Waals surface area contributed by atoms with Crippen LogP contribution in [0.15, 0.2) is 42.9 Å². The van der Waals surface area contributed by atoms with Gasteiger partial charge in [0.05, 0.1) is 59.2 Å².